The molecule has 0 fully saturated rings. The number of aryl methyl sites for hydroxylation is 1. The minimum absolute atomic E-state index is 1.21. The summed E-state index contributed by atoms with van der Waals surface area (Å²) in [5.41, 5.74) is 2.48. The zero-order valence-electron chi connectivity index (χ0n) is 8.09. The Morgan fingerprint density at radius 2 is 2.29 bits per heavy atom. The third-order valence-corrected chi connectivity index (χ3v) is 2.01. The van der Waals surface area contributed by atoms with Gasteiger partial charge in [-0.15, -0.1) is 0 Å². The lowest BCUT2D eigenvalue weighted by molar-refractivity contribution is 1.14. The van der Waals surface area contributed by atoms with Crippen molar-refractivity contribution in [3.05, 3.63) is 54.1 Å². The van der Waals surface area contributed by atoms with Gasteiger partial charge in [-0.1, -0.05) is 29.8 Å². The van der Waals surface area contributed by atoms with E-state index in [1.807, 2.05) is 17.0 Å². The van der Waals surface area contributed by atoms with Gasteiger partial charge in [0.15, 0.2) is 0 Å². The highest BCUT2D eigenvalue weighted by Crippen LogP contribution is 2.06. The van der Waals surface area contributed by atoms with Gasteiger partial charge in [0.05, 0.1) is 6.33 Å². The van der Waals surface area contributed by atoms with Gasteiger partial charge in [0.25, 0.3) is 0 Å². The zero-order valence-corrected chi connectivity index (χ0v) is 8.09. The lowest BCUT2D eigenvalue weighted by atomic mass is 10.1. The highest BCUT2D eigenvalue weighted by atomic mass is 15.0. The van der Waals surface area contributed by atoms with Crippen LogP contribution < -0.4 is 0 Å². The second-order valence-electron chi connectivity index (χ2n) is 3.24. The molecule has 1 heterocycles. The zero-order chi connectivity index (χ0) is 9.80. The Balaban J connectivity index is 2.18. The predicted octanol–water partition coefficient (Wildman–Crippen LogP) is 2.82. The molecule has 2 aromatic rings. The van der Waals surface area contributed by atoms with Crippen LogP contribution in [0.4, 0.5) is 0 Å². The summed E-state index contributed by atoms with van der Waals surface area (Å²) in [6.45, 7) is 2.09. The minimum atomic E-state index is 1.21. The van der Waals surface area contributed by atoms with Crippen molar-refractivity contribution >= 4 is 12.3 Å². The van der Waals surface area contributed by atoms with Gasteiger partial charge in [0.2, 0.25) is 0 Å². The van der Waals surface area contributed by atoms with E-state index in [4.69, 9.17) is 0 Å². The number of hydrogen-bond donors (Lipinski definition) is 0. The third-order valence-electron chi connectivity index (χ3n) is 2.01. The lowest BCUT2D eigenvalue weighted by Crippen LogP contribution is -1.79. The second-order valence-corrected chi connectivity index (χ2v) is 3.24. The van der Waals surface area contributed by atoms with E-state index in [0.29, 0.717) is 0 Å². The fourth-order valence-corrected chi connectivity index (χ4v) is 1.30. The van der Waals surface area contributed by atoms with Gasteiger partial charge in [0, 0.05) is 18.6 Å². The molecule has 1 aromatic heterocycles. The first kappa shape index (κ1) is 8.75. The Morgan fingerprint density at radius 1 is 1.36 bits per heavy atom. The molecule has 2 nitrogen and oxygen atoms in total. The molecule has 0 radical (unpaired) electrons. The fraction of sp³-hybridized carbons (Fsp3) is 0.0833. The van der Waals surface area contributed by atoms with Crippen molar-refractivity contribution in [3.8, 4) is 0 Å². The second kappa shape index (κ2) is 3.92. The number of nitrogens with zero attached hydrogens (tertiary/aromatic N) is 2. The first-order valence-electron chi connectivity index (χ1n) is 4.57. The highest BCUT2D eigenvalue weighted by molar-refractivity contribution is 5.60. The Morgan fingerprint density at radius 3 is 3.00 bits per heavy atom. The van der Waals surface area contributed by atoms with Crippen molar-refractivity contribution in [2.45, 2.75) is 6.92 Å². The Hall–Kier alpha value is -1.83. The van der Waals surface area contributed by atoms with Gasteiger partial charge in [0.1, 0.15) is 0 Å². The normalized spacial score (nSPS) is 10.9. The molecule has 70 valence electrons. The van der Waals surface area contributed by atoms with Crippen LogP contribution in [0.25, 0.3) is 12.3 Å². The number of imidazole rings is 1. The highest BCUT2D eigenvalue weighted by Gasteiger charge is 1.87. The van der Waals surface area contributed by atoms with Crippen LogP contribution >= 0.6 is 0 Å². The molecule has 0 atom stereocenters. The van der Waals surface area contributed by atoms with E-state index in [1.54, 1.807) is 12.5 Å². The summed E-state index contributed by atoms with van der Waals surface area (Å²) in [6.07, 6.45) is 9.50. The summed E-state index contributed by atoms with van der Waals surface area (Å²) in [6, 6.07) is 8.38. The van der Waals surface area contributed by atoms with Crippen molar-refractivity contribution in [3.63, 3.8) is 0 Å². The maximum atomic E-state index is 3.96. The van der Waals surface area contributed by atoms with Crippen LogP contribution in [0.2, 0.25) is 0 Å². The predicted molar refractivity (Wildman–Crippen MR) is 58.6 cm³/mol. The first-order chi connectivity index (χ1) is 6.84. The van der Waals surface area contributed by atoms with Crippen molar-refractivity contribution in [2.75, 3.05) is 0 Å². The molecule has 0 amide bonds. The van der Waals surface area contributed by atoms with Gasteiger partial charge >= 0.3 is 0 Å². The van der Waals surface area contributed by atoms with E-state index in [9.17, 15) is 0 Å². The summed E-state index contributed by atoms with van der Waals surface area (Å²) in [5, 5.41) is 0. The molecule has 0 saturated heterocycles. The minimum Gasteiger partial charge on any atom is -0.313 e. The third kappa shape index (κ3) is 2.10. The van der Waals surface area contributed by atoms with Gasteiger partial charge in [-0.05, 0) is 18.6 Å². The van der Waals surface area contributed by atoms with E-state index in [-0.39, 0.29) is 0 Å². The van der Waals surface area contributed by atoms with Crippen LogP contribution in [0, 0.1) is 6.92 Å². The van der Waals surface area contributed by atoms with Crippen LogP contribution in [0.1, 0.15) is 11.1 Å². The van der Waals surface area contributed by atoms with Gasteiger partial charge in [-0.25, -0.2) is 4.98 Å². The van der Waals surface area contributed by atoms with E-state index >= 15 is 0 Å². The average Bonchev–Trinajstić information content (AvgIpc) is 2.67. The monoisotopic (exact) mass is 184 g/mol. The Kier molecular flexibility index (Phi) is 2.45. The maximum Gasteiger partial charge on any atom is 0.0986 e. The molecule has 0 spiro atoms. The van der Waals surface area contributed by atoms with Gasteiger partial charge < -0.3 is 4.57 Å². The maximum absolute atomic E-state index is 3.96. The van der Waals surface area contributed by atoms with Crippen LogP contribution in [-0.2, 0) is 0 Å². The molecule has 14 heavy (non-hydrogen) atoms. The van der Waals surface area contributed by atoms with Crippen molar-refractivity contribution in [2.24, 2.45) is 0 Å². The number of aromatic nitrogens is 2. The van der Waals surface area contributed by atoms with E-state index in [1.165, 1.54) is 11.1 Å². The standard InChI is InChI=1S/C12H12N2/c1-11-3-2-4-12(9-11)5-7-14-8-6-13-10-14/h2-10H,1H3. The molecule has 0 N–H and O–H groups in total. The van der Waals surface area contributed by atoms with Gasteiger partial charge in [-0.2, -0.15) is 0 Å². The molecule has 0 bridgehead atoms. The Bertz CT molecular complexity index is 427. The molecular formula is C12H12N2. The first-order valence-corrected chi connectivity index (χ1v) is 4.57. The molecule has 0 unspecified atom stereocenters. The molecular weight excluding hydrogens is 172 g/mol. The van der Waals surface area contributed by atoms with E-state index < -0.39 is 0 Å². The summed E-state index contributed by atoms with van der Waals surface area (Å²) < 4.78 is 1.92. The largest absolute Gasteiger partial charge is 0.313 e. The Labute approximate surface area is 83.5 Å². The number of hydrogen-bond acceptors (Lipinski definition) is 1. The van der Waals surface area contributed by atoms with Gasteiger partial charge in [-0.3, -0.25) is 0 Å². The van der Waals surface area contributed by atoms with Crippen LogP contribution in [0.3, 0.4) is 0 Å². The SMILES string of the molecule is Cc1cccc(C=Cn2ccnc2)c1. The number of rotatable bonds is 2. The summed E-state index contributed by atoms with van der Waals surface area (Å²) in [5.74, 6) is 0. The topological polar surface area (TPSA) is 17.8 Å². The van der Waals surface area contributed by atoms with Crippen LogP contribution in [0.5, 0.6) is 0 Å². The van der Waals surface area contributed by atoms with E-state index in [2.05, 4.69) is 42.2 Å². The molecule has 2 rings (SSSR count). The molecule has 0 aliphatic rings. The smallest absolute Gasteiger partial charge is 0.0986 e. The molecule has 0 aliphatic carbocycles. The van der Waals surface area contributed by atoms with Crippen molar-refractivity contribution in [1.82, 2.24) is 9.55 Å². The summed E-state index contributed by atoms with van der Waals surface area (Å²) in [4.78, 5) is 3.96. The number of benzene rings is 1. The molecule has 2 heteroatoms. The average molecular weight is 184 g/mol. The quantitative estimate of drug-likeness (QED) is 0.701. The van der Waals surface area contributed by atoms with Crippen LogP contribution in [-0.4, -0.2) is 9.55 Å². The molecule has 0 saturated carbocycles. The summed E-state index contributed by atoms with van der Waals surface area (Å²) in [7, 11) is 0. The fourth-order valence-electron chi connectivity index (χ4n) is 1.30. The van der Waals surface area contributed by atoms with Crippen LogP contribution in [0.15, 0.2) is 43.0 Å². The van der Waals surface area contributed by atoms with Crippen molar-refractivity contribution < 1.29 is 0 Å². The molecule has 1 aromatic carbocycles. The molecule has 0 aliphatic heterocycles. The lowest BCUT2D eigenvalue weighted by Gasteiger charge is -1.95. The van der Waals surface area contributed by atoms with E-state index in [0.717, 1.165) is 0 Å². The van der Waals surface area contributed by atoms with Crippen molar-refractivity contribution in [1.29, 1.82) is 0 Å². The summed E-state index contributed by atoms with van der Waals surface area (Å²) >= 11 is 0.